The molecule has 0 heterocycles. The normalized spacial score (nSPS) is 14.1. The van der Waals surface area contributed by atoms with E-state index in [0.29, 0.717) is 16.6 Å². The van der Waals surface area contributed by atoms with Gasteiger partial charge in [0, 0.05) is 6.42 Å². The molecule has 1 nitrogen and oxygen atoms in total. The fraction of sp³-hybridized carbons (Fsp3) is 0.857. The van der Waals surface area contributed by atoms with Gasteiger partial charge in [-0.15, -0.1) is 0 Å². The Balaban J connectivity index is 5.20. The average Bonchev–Trinajstić information content (AvgIpc) is 2.18. The number of rotatable bonds is 6. The van der Waals surface area contributed by atoms with Crippen molar-refractivity contribution in [3.05, 3.63) is 11.8 Å². The molecule has 0 N–H and O–H groups in total. The number of hydrogen-bond acceptors (Lipinski definition) is 1. The van der Waals surface area contributed by atoms with Gasteiger partial charge in [-0.1, -0.05) is 54.5 Å². The summed E-state index contributed by atoms with van der Waals surface area (Å²) in [5.74, 6) is 1.18. The van der Waals surface area contributed by atoms with Gasteiger partial charge in [-0.05, 0) is 23.5 Å². The molecule has 0 amide bonds. The summed E-state index contributed by atoms with van der Waals surface area (Å²) in [6.45, 7) is 18.2. The van der Waals surface area contributed by atoms with E-state index in [0.717, 1.165) is 6.42 Å². The van der Waals surface area contributed by atoms with Crippen LogP contribution in [0.2, 0.25) is 16.6 Å². The highest BCUT2D eigenvalue weighted by atomic mass is 28.4. The molecule has 0 rings (SSSR count). The first kappa shape index (κ1) is 15.8. The van der Waals surface area contributed by atoms with Crippen LogP contribution >= 0.6 is 0 Å². The van der Waals surface area contributed by atoms with Crippen LogP contribution in [-0.4, -0.2) is 8.32 Å². The molecule has 0 fully saturated rings. The largest absolute Gasteiger partial charge is 0.546 e. The zero-order valence-electron chi connectivity index (χ0n) is 12.4. The highest BCUT2D eigenvalue weighted by Crippen LogP contribution is 2.43. The quantitative estimate of drug-likeness (QED) is 0.442. The number of allylic oxidation sites excluding steroid dienone is 2. The van der Waals surface area contributed by atoms with Gasteiger partial charge >= 0.3 is 0 Å². The van der Waals surface area contributed by atoms with Gasteiger partial charge in [-0.25, -0.2) is 0 Å². The second-order valence-electron chi connectivity index (χ2n) is 5.53. The van der Waals surface area contributed by atoms with E-state index in [9.17, 15) is 0 Å². The van der Waals surface area contributed by atoms with E-state index in [1.54, 1.807) is 0 Å². The van der Waals surface area contributed by atoms with Crippen molar-refractivity contribution in [2.45, 2.75) is 78.4 Å². The molecule has 0 aromatic rings. The smallest absolute Gasteiger partial charge is 0.258 e. The van der Waals surface area contributed by atoms with Crippen LogP contribution in [-0.2, 0) is 4.43 Å². The SMILES string of the molecule is C/C=C(\CC)O[Si](C(C)C)(C(C)C)C(C)C. The molecule has 0 aliphatic rings. The molecule has 0 aromatic carbocycles. The van der Waals surface area contributed by atoms with Crippen LogP contribution in [0.25, 0.3) is 0 Å². The van der Waals surface area contributed by atoms with Crippen LogP contribution in [0.5, 0.6) is 0 Å². The lowest BCUT2D eigenvalue weighted by atomic mass is 10.4. The van der Waals surface area contributed by atoms with E-state index in [-0.39, 0.29) is 0 Å². The van der Waals surface area contributed by atoms with E-state index in [1.165, 1.54) is 5.76 Å². The van der Waals surface area contributed by atoms with Crippen molar-refractivity contribution < 1.29 is 4.43 Å². The van der Waals surface area contributed by atoms with Crippen molar-refractivity contribution in [1.82, 2.24) is 0 Å². The van der Waals surface area contributed by atoms with Gasteiger partial charge in [0.25, 0.3) is 8.32 Å². The minimum Gasteiger partial charge on any atom is -0.546 e. The second kappa shape index (κ2) is 6.48. The molecule has 0 saturated carbocycles. The minimum atomic E-state index is -1.70. The standard InChI is InChI=1S/C14H30OSi/c1-9-14(10-2)15-16(11(3)4,12(5)6)13(7)8/h9,11-13H,10H2,1-8H3/b14-9+. The molecule has 0 saturated heterocycles. The van der Waals surface area contributed by atoms with Crippen molar-refractivity contribution in [3.63, 3.8) is 0 Å². The van der Waals surface area contributed by atoms with Gasteiger partial charge in [0.1, 0.15) is 0 Å². The van der Waals surface area contributed by atoms with Crippen molar-refractivity contribution >= 4 is 8.32 Å². The van der Waals surface area contributed by atoms with E-state index in [1.807, 2.05) is 0 Å². The summed E-state index contributed by atoms with van der Waals surface area (Å²) in [6.07, 6.45) is 3.15. The Hall–Kier alpha value is -0.243. The molecule has 16 heavy (non-hydrogen) atoms. The van der Waals surface area contributed by atoms with Gasteiger partial charge in [0.05, 0.1) is 5.76 Å². The predicted octanol–water partition coefficient (Wildman–Crippen LogP) is 5.49. The van der Waals surface area contributed by atoms with Gasteiger partial charge < -0.3 is 4.43 Å². The zero-order valence-corrected chi connectivity index (χ0v) is 13.4. The Morgan fingerprint density at radius 3 is 1.56 bits per heavy atom. The molecule has 0 aliphatic heterocycles. The summed E-state index contributed by atoms with van der Waals surface area (Å²) >= 11 is 0. The van der Waals surface area contributed by atoms with Gasteiger partial charge in [0.2, 0.25) is 0 Å². The average molecular weight is 242 g/mol. The summed E-state index contributed by atoms with van der Waals surface area (Å²) in [4.78, 5) is 0. The topological polar surface area (TPSA) is 9.23 Å². The maximum Gasteiger partial charge on any atom is 0.258 e. The summed E-state index contributed by atoms with van der Waals surface area (Å²) in [5, 5.41) is 0. The summed E-state index contributed by atoms with van der Waals surface area (Å²) in [6, 6.07) is 0. The lowest BCUT2D eigenvalue weighted by Crippen LogP contribution is -2.47. The molecule has 0 bridgehead atoms. The van der Waals surface area contributed by atoms with E-state index in [4.69, 9.17) is 4.43 Å². The Morgan fingerprint density at radius 1 is 1.00 bits per heavy atom. The summed E-state index contributed by atoms with van der Waals surface area (Å²) in [7, 11) is -1.70. The first-order chi connectivity index (χ1) is 7.32. The Morgan fingerprint density at radius 2 is 1.38 bits per heavy atom. The van der Waals surface area contributed by atoms with Crippen LogP contribution < -0.4 is 0 Å². The van der Waals surface area contributed by atoms with Crippen LogP contribution in [0, 0.1) is 0 Å². The molecule has 0 spiro atoms. The van der Waals surface area contributed by atoms with Crippen molar-refractivity contribution in [3.8, 4) is 0 Å². The molecule has 96 valence electrons. The molecule has 0 atom stereocenters. The first-order valence-corrected chi connectivity index (χ1v) is 8.81. The molecular formula is C14H30OSi. The molecule has 0 aromatic heterocycles. The van der Waals surface area contributed by atoms with Gasteiger partial charge in [0.15, 0.2) is 0 Å². The minimum absolute atomic E-state index is 0.661. The molecular weight excluding hydrogens is 212 g/mol. The fourth-order valence-electron chi connectivity index (χ4n) is 2.92. The third kappa shape index (κ3) is 3.13. The van der Waals surface area contributed by atoms with Crippen LogP contribution in [0.3, 0.4) is 0 Å². The molecule has 0 unspecified atom stereocenters. The molecule has 0 radical (unpaired) electrons. The van der Waals surface area contributed by atoms with E-state index < -0.39 is 8.32 Å². The second-order valence-corrected chi connectivity index (χ2v) is 10.9. The number of hydrogen-bond donors (Lipinski definition) is 0. The lowest BCUT2D eigenvalue weighted by Gasteiger charge is -2.42. The molecule has 2 heteroatoms. The van der Waals surface area contributed by atoms with Crippen molar-refractivity contribution in [1.29, 1.82) is 0 Å². The molecule has 0 aliphatic carbocycles. The first-order valence-electron chi connectivity index (χ1n) is 6.67. The van der Waals surface area contributed by atoms with Crippen molar-refractivity contribution in [2.24, 2.45) is 0 Å². The van der Waals surface area contributed by atoms with Gasteiger partial charge in [-0.2, -0.15) is 0 Å². The fourth-order valence-corrected chi connectivity index (χ4v) is 8.34. The highest BCUT2D eigenvalue weighted by molar-refractivity contribution is 6.77. The van der Waals surface area contributed by atoms with E-state index >= 15 is 0 Å². The van der Waals surface area contributed by atoms with Crippen LogP contribution in [0.1, 0.15) is 61.8 Å². The maximum absolute atomic E-state index is 6.52. The Bertz CT molecular complexity index is 207. The maximum atomic E-state index is 6.52. The Labute approximate surface area is 103 Å². The van der Waals surface area contributed by atoms with Crippen LogP contribution in [0.4, 0.5) is 0 Å². The zero-order chi connectivity index (χ0) is 12.9. The van der Waals surface area contributed by atoms with Crippen LogP contribution in [0.15, 0.2) is 11.8 Å². The highest BCUT2D eigenvalue weighted by Gasteiger charge is 2.46. The summed E-state index contributed by atoms with van der Waals surface area (Å²) in [5.41, 5.74) is 1.98. The Kier molecular flexibility index (Phi) is 6.38. The van der Waals surface area contributed by atoms with Gasteiger partial charge in [-0.3, -0.25) is 0 Å². The summed E-state index contributed by atoms with van der Waals surface area (Å²) < 4.78 is 6.52. The monoisotopic (exact) mass is 242 g/mol. The van der Waals surface area contributed by atoms with Crippen molar-refractivity contribution in [2.75, 3.05) is 0 Å². The third-order valence-electron chi connectivity index (χ3n) is 3.69. The third-order valence-corrected chi connectivity index (χ3v) is 9.72. The lowest BCUT2D eigenvalue weighted by molar-refractivity contribution is 0.358. The van der Waals surface area contributed by atoms with E-state index in [2.05, 4.69) is 61.5 Å². The predicted molar refractivity (Wildman–Crippen MR) is 76.2 cm³/mol.